The average molecular weight is 397 g/mol. The summed E-state index contributed by atoms with van der Waals surface area (Å²) in [5, 5.41) is 9.20. The second-order valence-corrected chi connectivity index (χ2v) is 6.47. The number of pyridine rings is 1. The number of imidazole rings is 1. The maximum Gasteiger partial charge on any atom is 0.318 e. The fraction of sp³-hybridized carbons (Fsp3) is 0.200. The van der Waals surface area contributed by atoms with Crippen LogP contribution < -0.4 is 4.74 Å². The largest absolute Gasteiger partial charge is 0.467 e. The van der Waals surface area contributed by atoms with E-state index in [4.69, 9.17) is 4.74 Å². The highest BCUT2D eigenvalue weighted by Gasteiger charge is 2.19. The van der Waals surface area contributed by atoms with Crippen LogP contribution in [0, 0.1) is 18.6 Å². The maximum atomic E-state index is 14.6. The number of aliphatic hydroxyl groups excluding tert-OH is 1. The third-order valence-electron chi connectivity index (χ3n) is 4.52. The van der Waals surface area contributed by atoms with Gasteiger partial charge in [0.1, 0.15) is 23.0 Å². The number of aromatic nitrogens is 5. The van der Waals surface area contributed by atoms with E-state index >= 15 is 0 Å². The zero-order valence-corrected chi connectivity index (χ0v) is 15.7. The second-order valence-electron chi connectivity index (χ2n) is 6.47. The molecular weight excluding hydrogens is 380 g/mol. The first-order valence-corrected chi connectivity index (χ1v) is 8.78. The quantitative estimate of drug-likeness (QED) is 0.557. The maximum absolute atomic E-state index is 14.6. The molecule has 0 fully saturated rings. The van der Waals surface area contributed by atoms with Crippen molar-refractivity contribution in [3.63, 3.8) is 0 Å². The summed E-state index contributed by atoms with van der Waals surface area (Å²) in [6.45, 7) is 1.59. The van der Waals surface area contributed by atoms with Crippen molar-refractivity contribution in [2.75, 3.05) is 7.11 Å². The van der Waals surface area contributed by atoms with Gasteiger partial charge in [-0.1, -0.05) is 12.1 Å². The minimum atomic E-state index is -0.514. The first-order chi connectivity index (χ1) is 14.0. The topological polar surface area (TPSA) is 86.0 Å². The number of benzene rings is 1. The van der Waals surface area contributed by atoms with Crippen LogP contribution in [-0.4, -0.2) is 36.7 Å². The lowest BCUT2D eigenvalue weighted by Crippen LogP contribution is -2.07. The van der Waals surface area contributed by atoms with E-state index < -0.39 is 11.6 Å². The van der Waals surface area contributed by atoms with E-state index in [0.717, 1.165) is 6.20 Å². The molecule has 3 heterocycles. The normalized spacial score (nSPS) is 11.2. The van der Waals surface area contributed by atoms with Crippen LogP contribution in [0.4, 0.5) is 8.78 Å². The van der Waals surface area contributed by atoms with Crippen molar-refractivity contribution >= 4 is 11.2 Å². The fourth-order valence-electron chi connectivity index (χ4n) is 3.10. The minimum Gasteiger partial charge on any atom is -0.467 e. The second kappa shape index (κ2) is 7.51. The molecule has 0 bridgehead atoms. The number of aryl methyl sites for hydroxylation is 1. The number of hydrogen-bond donors (Lipinski definition) is 1. The van der Waals surface area contributed by atoms with Crippen LogP contribution in [0.3, 0.4) is 0 Å². The lowest BCUT2D eigenvalue weighted by Gasteiger charge is -2.11. The Kier molecular flexibility index (Phi) is 4.89. The Hall–Kier alpha value is -3.46. The SMILES string of the molecule is COc1nc(C)c2nc(-c3cncc(F)c3)n(Cc3ccc(CO)cc3F)c2n1. The standard InChI is InChI=1S/C20H17F2N5O2/c1-11-17-19(26-20(24-11)29-2)27(9-13-4-3-12(10-28)5-16(13)22)18(25-17)14-6-15(21)8-23-7-14/h3-8,28H,9-10H2,1-2H3. The van der Waals surface area contributed by atoms with Gasteiger partial charge in [0.2, 0.25) is 0 Å². The molecule has 4 aromatic rings. The highest BCUT2D eigenvalue weighted by atomic mass is 19.1. The molecule has 4 rings (SSSR count). The van der Waals surface area contributed by atoms with Crippen molar-refractivity contribution in [1.82, 2.24) is 24.5 Å². The van der Waals surface area contributed by atoms with Gasteiger partial charge in [-0.25, -0.2) is 13.8 Å². The number of aliphatic hydroxyl groups is 1. The van der Waals surface area contributed by atoms with Crippen molar-refractivity contribution in [1.29, 1.82) is 0 Å². The van der Waals surface area contributed by atoms with E-state index in [9.17, 15) is 13.9 Å². The summed E-state index contributed by atoms with van der Waals surface area (Å²) in [6, 6.07) is 5.96. The number of nitrogens with zero attached hydrogens (tertiary/aromatic N) is 5. The fourth-order valence-corrected chi connectivity index (χ4v) is 3.10. The molecule has 3 aromatic heterocycles. The van der Waals surface area contributed by atoms with Crippen LogP contribution in [0.25, 0.3) is 22.6 Å². The predicted octanol–water partition coefficient (Wildman–Crippen LogP) is 3.02. The number of rotatable bonds is 5. The Morgan fingerprint density at radius 1 is 1.10 bits per heavy atom. The van der Waals surface area contributed by atoms with Gasteiger partial charge in [-0.15, -0.1) is 0 Å². The lowest BCUT2D eigenvalue weighted by atomic mass is 10.1. The molecule has 1 N–H and O–H groups in total. The first-order valence-electron chi connectivity index (χ1n) is 8.78. The van der Waals surface area contributed by atoms with E-state index in [0.29, 0.717) is 39.4 Å². The van der Waals surface area contributed by atoms with Crippen molar-refractivity contribution in [2.24, 2.45) is 0 Å². The summed E-state index contributed by atoms with van der Waals surface area (Å²) in [7, 11) is 1.45. The molecule has 0 saturated heterocycles. The summed E-state index contributed by atoms with van der Waals surface area (Å²) in [5.41, 5.74) is 2.76. The summed E-state index contributed by atoms with van der Waals surface area (Å²) >= 11 is 0. The summed E-state index contributed by atoms with van der Waals surface area (Å²) in [4.78, 5) is 17.1. The molecule has 0 saturated carbocycles. The van der Waals surface area contributed by atoms with E-state index in [2.05, 4.69) is 19.9 Å². The van der Waals surface area contributed by atoms with Crippen molar-refractivity contribution in [3.8, 4) is 17.4 Å². The molecule has 0 unspecified atom stereocenters. The van der Waals surface area contributed by atoms with E-state index in [-0.39, 0.29) is 19.2 Å². The molecule has 148 valence electrons. The monoisotopic (exact) mass is 397 g/mol. The molecule has 9 heteroatoms. The van der Waals surface area contributed by atoms with Crippen LogP contribution in [0.5, 0.6) is 6.01 Å². The summed E-state index contributed by atoms with van der Waals surface area (Å²) in [5.74, 6) is -0.609. The number of methoxy groups -OCH3 is 1. The molecular formula is C20H17F2N5O2. The highest BCUT2D eigenvalue weighted by Crippen LogP contribution is 2.28. The van der Waals surface area contributed by atoms with E-state index in [1.165, 1.54) is 25.4 Å². The summed E-state index contributed by atoms with van der Waals surface area (Å²) in [6.07, 6.45) is 2.57. The Balaban J connectivity index is 1.94. The molecule has 0 amide bonds. The first kappa shape index (κ1) is 18.9. The number of ether oxygens (including phenoxy) is 1. The number of halogens is 2. The molecule has 0 aliphatic heterocycles. The molecule has 7 nitrogen and oxygen atoms in total. The average Bonchev–Trinajstić information content (AvgIpc) is 3.08. The van der Waals surface area contributed by atoms with Crippen molar-refractivity contribution in [2.45, 2.75) is 20.1 Å². The van der Waals surface area contributed by atoms with Gasteiger partial charge < -0.3 is 14.4 Å². The predicted molar refractivity (Wildman–Crippen MR) is 101 cm³/mol. The van der Waals surface area contributed by atoms with Gasteiger partial charge in [-0.05, 0) is 24.6 Å². The lowest BCUT2D eigenvalue weighted by molar-refractivity contribution is 0.281. The van der Waals surface area contributed by atoms with Gasteiger partial charge in [0, 0.05) is 17.3 Å². The van der Waals surface area contributed by atoms with Gasteiger partial charge in [0.15, 0.2) is 5.65 Å². The Bertz CT molecular complexity index is 1210. The Morgan fingerprint density at radius 3 is 2.62 bits per heavy atom. The summed E-state index contributed by atoms with van der Waals surface area (Å²) < 4.78 is 35.2. The highest BCUT2D eigenvalue weighted by molar-refractivity contribution is 5.79. The molecule has 0 spiro atoms. The molecule has 0 aliphatic carbocycles. The van der Waals surface area contributed by atoms with Crippen LogP contribution in [0.15, 0.2) is 36.7 Å². The molecule has 0 aliphatic rings. The Morgan fingerprint density at radius 2 is 1.93 bits per heavy atom. The third-order valence-corrected chi connectivity index (χ3v) is 4.52. The van der Waals surface area contributed by atoms with Gasteiger partial charge in [0.05, 0.1) is 32.2 Å². The molecule has 29 heavy (non-hydrogen) atoms. The number of fused-ring (bicyclic) bond motifs is 1. The van der Waals surface area contributed by atoms with Gasteiger partial charge in [-0.2, -0.15) is 9.97 Å². The van der Waals surface area contributed by atoms with Crippen molar-refractivity contribution < 1.29 is 18.6 Å². The smallest absolute Gasteiger partial charge is 0.318 e. The number of hydrogen-bond acceptors (Lipinski definition) is 6. The van der Waals surface area contributed by atoms with E-state index in [1.807, 2.05) is 0 Å². The van der Waals surface area contributed by atoms with Crippen LogP contribution in [-0.2, 0) is 13.2 Å². The van der Waals surface area contributed by atoms with Gasteiger partial charge in [-0.3, -0.25) is 4.98 Å². The van der Waals surface area contributed by atoms with Crippen LogP contribution >= 0.6 is 0 Å². The molecule has 0 atom stereocenters. The van der Waals surface area contributed by atoms with Crippen LogP contribution in [0.2, 0.25) is 0 Å². The minimum absolute atomic E-state index is 0.0828. The molecule has 0 radical (unpaired) electrons. The van der Waals surface area contributed by atoms with Crippen molar-refractivity contribution in [3.05, 3.63) is 65.1 Å². The van der Waals surface area contributed by atoms with Gasteiger partial charge >= 0.3 is 6.01 Å². The van der Waals surface area contributed by atoms with E-state index in [1.54, 1.807) is 23.6 Å². The molecule has 1 aromatic carbocycles. The third kappa shape index (κ3) is 3.52. The zero-order valence-electron chi connectivity index (χ0n) is 15.7. The zero-order chi connectivity index (χ0) is 20.5. The van der Waals surface area contributed by atoms with Gasteiger partial charge in [0.25, 0.3) is 0 Å². The Labute approximate surface area is 164 Å². The van der Waals surface area contributed by atoms with Crippen LogP contribution in [0.1, 0.15) is 16.8 Å².